The van der Waals surface area contributed by atoms with E-state index in [4.69, 9.17) is 9.47 Å². The number of allylic oxidation sites excluding steroid dienone is 28. The minimum Gasteiger partial charge on any atom is -0.462 e. The number of hydrogen-bond acceptors (Lipinski definition) is 5. The molecule has 5 heteroatoms. The number of aliphatic hydroxyl groups excluding tert-OH is 1. The fourth-order valence-corrected chi connectivity index (χ4v) is 9.69. The minimum atomic E-state index is -0.798. The van der Waals surface area contributed by atoms with Crippen LogP contribution in [0.4, 0.5) is 0 Å². The molecule has 0 rings (SSSR count). The molecule has 0 spiro atoms. The summed E-state index contributed by atoms with van der Waals surface area (Å²) in [7, 11) is 0. The molecule has 1 atom stereocenters. The average Bonchev–Trinajstić information content (AvgIpc) is 3.54. The molecule has 0 heterocycles. The van der Waals surface area contributed by atoms with Gasteiger partial charge in [0.25, 0.3) is 0 Å². The van der Waals surface area contributed by atoms with Crippen molar-refractivity contribution in [1.82, 2.24) is 0 Å². The van der Waals surface area contributed by atoms with E-state index in [0.29, 0.717) is 12.8 Å². The van der Waals surface area contributed by atoms with Crippen molar-refractivity contribution in [3.8, 4) is 0 Å². The summed E-state index contributed by atoms with van der Waals surface area (Å²) in [5.41, 5.74) is 0. The topological polar surface area (TPSA) is 72.8 Å². The predicted octanol–water partition coefficient (Wildman–Crippen LogP) is 25.2. The van der Waals surface area contributed by atoms with E-state index >= 15 is 0 Å². The van der Waals surface area contributed by atoms with Crippen molar-refractivity contribution >= 4 is 11.9 Å². The normalized spacial score (nSPS) is 13.3. The van der Waals surface area contributed by atoms with E-state index in [1.54, 1.807) is 0 Å². The highest BCUT2D eigenvalue weighted by Crippen LogP contribution is 2.16. The van der Waals surface area contributed by atoms with Crippen LogP contribution in [0.2, 0.25) is 0 Å². The maximum Gasteiger partial charge on any atom is 0.306 e. The average molecular weight is 1190 g/mol. The van der Waals surface area contributed by atoms with Crippen LogP contribution in [0.1, 0.15) is 309 Å². The maximum absolute atomic E-state index is 12.4. The summed E-state index contributed by atoms with van der Waals surface area (Å²) in [5, 5.41) is 9.70. The Kier molecular flexibility index (Phi) is 70.4. The Hall–Kier alpha value is -4.74. The zero-order valence-electron chi connectivity index (χ0n) is 55.8. The Labute approximate surface area is 532 Å². The molecule has 0 aliphatic carbocycles. The number of unbranched alkanes of at least 4 members (excludes halogenated alkanes) is 28. The van der Waals surface area contributed by atoms with Crippen molar-refractivity contribution in [3.63, 3.8) is 0 Å². The van der Waals surface area contributed by atoms with Gasteiger partial charge in [-0.3, -0.25) is 9.59 Å². The summed E-state index contributed by atoms with van der Waals surface area (Å²) in [6.07, 6.45) is 115. The molecule has 0 fully saturated rings. The number of ether oxygens (including phenoxy) is 2. The predicted molar refractivity (Wildman–Crippen MR) is 380 cm³/mol. The Bertz CT molecular complexity index is 1870. The lowest BCUT2D eigenvalue weighted by Gasteiger charge is -2.15. The van der Waals surface area contributed by atoms with E-state index in [1.165, 1.54) is 148 Å². The molecule has 0 amide bonds. The van der Waals surface area contributed by atoms with Gasteiger partial charge in [-0.25, -0.2) is 0 Å². The van der Waals surface area contributed by atoms with Crippen LogP contribution in [-0.4, -0.2) is 36.4 Å². The minimum absolute atomic E-state index is 0.0838. The highest BCUT2D eigenvalue weighted by atomic mass is 16.6. The van der Waals surface area contributed by atoms with Crippen LogP contribution in [0.3, 0.4) is 0 Å². The molecule has 86 heavy (non-hydrogen) atoms. The van der Waals surface area contributed by atoms with Gasteiger partial charge in [0.15, 0.2) is 6.10 Å². The molecule has 5 nitrogen and oxygen atoms in total. The third-order valence-electron chi connectivity index (χ3n) is 15.0. The van der Waals surface area contributed by atoms with E-state index in [0.717, 1.165) is 135 Å². The van der Waals surface area contributed by atoms with Crippen molar-refractivity contribution in [3.05, 3.63) is 170 Å². The standard InChI is InChI=1S/C81H132O5/c1-3-5-7-9-11-13-15-17-19-21-23-25-27-29-31-33-35-36-37-38-39-40-41-42-43-44-46-48-50-52-54-56-58-60-62-64-66-68-70-72-74-76-81(84)86-79(77-82)78-85-80(83)75-73-71-69-67-65-63-61-59-57-55-53-51-49-47-45-34-32-30-28-26-24-22-20-18-16-14-12-10-8-6-4-2/h5,7,11,13,16-19,22-25,29,31,35-36,38-39,41-42,44,46,50,52,56,58,62,64,79,82H,3-4,6,8-10,12,14-15,20-21,26-28,30,32-34,37,40,43,45,47-49,51,53-55,57,59-61,63,65-78H2,1-2H3/b7-5-,13-11-,18-16-,19-17-,24-22-,25-23-,31-29-,36-35-,39-38-,42-41-,46-44-,52-50-,58-56-,64-62-. The zero-order chi connectivity index (χ0) is 61.9. The Morgan fingerprint density at radius 2 is 0.500 bits per heavy atom. The summed E-state index contributed by atoms with van der Waals surface area (Å²) >= 11 is 0. The molecule has 0 saturated heterocycles. The summed E-state index contributed by atoms with van der Waals surface area (Å²) in [5.74, 6) is -0.621. The number of aliphatic hydroxyl groups is 1. The molecule has 0 saturated carbocycles. The zero-order valence-corrected chi connectivity index (χ0v) is 55.8. The SMILES string of the molecule is CC/C=C\C/C=C\C/C=C\C/C=C\C/C=C\C/C=C\C/C=C\C/C=C\C/C=C\C/C=C\C/C=C\C/C=C\CCCCCCC(=O)OC(CO)COC(=O)CCCCCCCCCCCCCCCCCCCCC/C=C\C/C=C\CCCCCCC. The Balaban J connectivity index is 3.60. The molecule has 486 valence electrons. The van der Waals surface area contributed by atoms with Gasteiger partial charge in [0.1, 0.15) is 6.61 Å². The van der Waals surface area contributed by atoms with Gasteiger partial charge >= 0.3 is 11.9 Å². The molecule has 0 aromatic heterocycles. The molecule has 1 unspecified atom stereocenters. The first-order valence-electron chi connectivity index (χ1n) is 35.7. The van der Waals surface area contributed by atoms with Crippen molar-refractivity contribution in [2.24, 2.45) is 0 Å². The van der Waals surface area contributed by atoms with Gasteiger partial charge < -0.3 is 14.6 Å². The molecule has 0 aromatic carbocycles. The van der Waals surface area contributed by atoms with Crippen molar-refractivity contribution in [1.29, 1.82) is 0 Å². The number of hydrogen-bond donors (Lipinski definition) is 1. The van der Waals surface area contributed by atoms with Gasteiger partial charge in [-0.15, -0.1) is 0 Å². The first kappa shape index (κ1) is 81.3. The van der Waals surface area contributed by atoms with Crippen LogP contribution in [0.15, 0.2) is 170 Å². The second-order valence-electron chi connectivity index (χ2n) is 23.2. The first-order chi connectivity index (χ1) is 42.6. The maximum atomic E-state index is 12.4. The second-order valence-corrected chi connectivity index (χ2v) is 23.2. The lowest BCUT2D eigenvalue weighted by molar-refractivity contribution is -0.161. The smallest absolute Gasteiger partial charge is 0.306 e. The monoisotopic (exact) mass is 1190 g/mol. The van der Waals surface area contributed by atoms with Crippen LogP contribution in [-0.2, 0) is 19.1 Å². The van der Waals surface area contributed by atoms with Crippen molar-refractivity contribution in [2.75, 3.05) is 13.2 Å². The van der Waals surface area contributed by atoms with E-state index in [1.807, 2.05) is 0 Å². The third kappa shape index (κ3) is 71.7. The summed E-state index contributed by atoms with van der Waals surface area (Å²) in [6, 6.07) is 0. The van der Waals surface area contributed by atoms with Gasteiger partial charge in [0, 0.05) is 12.8 Å². The molecule has 0 aliphatic rings. The number of rotatable bonds is 64. The lowest BCUT2D eigenvalue weighted by atomic mass is 10.0. The number of carbonyl (C=O) groups is 2. The lowest BCUT2D eigenvalue weighted by Crippen LogP contribution is -2.28. The van der Waals surface area contributed by atoms with Crippen LogP contribution in [0.5, 0.6) is 0 Å². The summed E-state index contributed by atoms with van der Waals surface area (Å²) in [6.45, 7) is 4.01. The van der Waals surface area contributed by atoms with Crippen LogP contribution in [0.25, 0.3) is 0 Å². The Morgan fingerprint density at radius 1 is 0.279 bits per heavy atom. The second kappa shape index (κ2) is 74.5. The fourth-order valence-electron chi connectivity index (χ4n) is 9.69. The quantitative estimate of drug-likeness (QED) is 0.0373. The molecule has 0 aromatic rings. The van der Waals surface area contributed by atoms with E-state index < -0.39 is 6.10 Å². The van der Waals surface area contributed by atoms with Crippen LogP contribution >= 0.6 is 0 Å². The molecule has 0 aliphatic heterocycles. The molecular formula is C81H132O5. The fraction of sp³-hybridized carbons (Fsp3) is 0.630. The molecule has 0 radical (unpaired) electrons. The highest BCUT2D eigenvalue weighted by Gasteiger charge is 2.16. The van der Waals surface area contributed by atoms with Crippen molar-refractivity contribution < 1.29 is 24.2 Å². The Morgan fingerprint density at radius 3 is 0.756 bits per heavy atom. The number of carbonyl (C=O) groups excluding carboxylic acids is 2. The van der Waals surface area contributed by atoms with Gasteiger partial charge in [-0.2, -0.15) is 0 Å². The van der Waals surface area contributed by atoms with Crippen molar-refractivity contribution in [2.45, 2.75) is 315 Å². The first-order valence-corrected chi connectivity index (χ1v) is 35.7. The number of esters is 2. The van der Waals surface area contributed by atoms with E-state index in [9.17, 15) is 14.7 Å². The van der Waals surface area contributed by atoms with Gasteiger partial charge in [0.05, 0.1) is 6.61 Å². The van der Waals surface area contributed by atoms with Gasteiger partial charge in [-0.05, 0) is 135 Å². The van der Waals surface area contributed by atoms with Gasteiger partial charge in [0.2, 0.25) is 0 Å². The third-order valence-corrected chi connectivity index (χ3v) is 15.0. The van der Waals surface area contributed by atoms with E-state index in [2.05, 4.69) is 184 Å². The van der Waals surface area contributed by atoms with E-state index in [-0.39, 0.29) is 25.2 Å². The summed E-state index contributed by atoms with van der Waals surface area (Å²) < 4.78 is 10.7. The summed E-state index contributed by atoms with van der Waals surface area (Å²) in [4.78, 5) is 24.7. The van der Waals surface area contributed by atoms with Crippen LogP contribution in [0, 0.1) is 0 Å². The van der Waals surface area contributed by atoms with Gasteiger partial charge in [-0.1, -0.05) is 332 Å². The molecular weight excluding hydrogens is 1050 g/mol. The largest absolute Gasteiger partial charge is 0.462 e. The van der Waals surface area contributed by atoms with Crippen LogP contribution < -0.4 is 0 Å². The molecule has 0 bridgehead atoms. The highest BCUT2D eigenvalue weighted by molar-refractivity contribution is 5.70. The molecule has 1 N–H and O–H groups in total.